The molecule has 3 rings (SSSR count). The summed E-state index contributed by atoms with van der Waals surface area (Å²) in [5.74, 6) is 1.98. The van der Waals surface area contributed by atoms with Gasteiger partial charge in [0.25, 0.3) is 0 Å². The molecule has 1 aromatic rings. The standard InChI is InChI=1S/C16H23BN2O2/c1-15(2)16(3,4)21-17(20-15)8-5-12-6-9-19-14(11-12)13-7-10-18-13/h5-6,8-9,11,13,18H,7,10H2,1-4H3/b8-5+. The van der Waals surface area contributed by atoms with Crippen molar-refractivity contribution in [2.45, 2.75) is 51.4 Å². The van der Waals surface area contributed by atoms with Gasteiger partial charge < -0.3 is 14.6 Å². The van der Waals surface area contributed by atoms with Crippen LogP contribution in [0.25, 0.3) is 6.08 Å². The summed E-state index contributed by atoms with van der Waals surface area (Å²) >= 11 is 0. The van der Waals surface area contributed by atoms with Crippen molar-refractivity contribution in [3.63, 3.8) is 0 Å². The number of rotatable bonds is 3. The minimum atomic E-state index is -0.298. The summed E-state index contributed by atoms with van der Waals surface area (Å²) in [6.45, 7) is 9.34. The number of nitrogens with zero attached hydrogens (tertiary/aromatic N) is 1. The van der Waals surface area contributed by atoms with Crippen LogP contribution in [-0.4, -0.2) is 29.8 Å². The van der Waals surface area contributed by atoms with Gasteiger partial charge in [0.1, 0.15) is 0 Å². The average Bonchev–Trinajstić information content (AvgIpc) is 2.54. The van der Waals surface area contributed by atoms with Crippen molar-refractivity contribution in [2.75, 3.05) is 6.54 Å². The molecule has 0 radical (unpaired) electrons. The number of hydrogen-bond donors (Lipinski definition) is 1. The van der Waals surface area contributed by atoms with Gasteiger partial charge in [0.15, 0.2) is 0 Å². The van der Waals surface area contributed by atoms with Crippen LogP contribution in [0.15, 0.2) is 24.3 Å². The predicted molar refractivity (Wildman–Crippen MR) is 84.7 cm³/mol. The van der Waals surface area contributed by atoms with Gasteiger partial charge in [0.2, 0.25) is 0 Å². The smallest absolute Gasteiger partial charge is 0.400 e. The summed E-state index contributed by atoms with van der Waals surface area (Å²) in [5.41, 5.74) is 1.66. The fourth-order valence-electron chi connectivity index (χ4n) is 2.46. The molecule has 3 heterocycles. The van der Waals surface area contributed by atoms with Crippen LogP contribution in [0.4, 0.5) is 0 Å². The van der Waals surface area contributed by atoms with E-state index < -0.39 is 0 Å². The predicted octanol–water partition coefficient (Wildman–Crippen LogP) is 2.76. The zero-order valence-electron chi connectivity index (χ0n) is 13.2. The molecule has 1 atom stereocenters. The molecule has 2 fully saturated rings. The minimum Gasteiger partial charge on any atom is -0.400 e. The summed E-state index contributed by atoms with van der Waals surface area (Å²) in [6.07, 6.45) is 5.07. The normalized spacial score (nSPS) is 27.0. The summed E-state index contributed by atoms with van der Waals surface area (Å²) in [5, 5.41) is 3.37. The lowest BCUT2D eigenvalue weighted by Crippen LogP contribution is -2.41. The summed E-state index contributed by atoms with van der Waals surface area (Å²) in [6, 6.07) is 4.54. The summed E-state index contributed by atoms with van der Waals surface area (Å²) < 4.78 is 11.9. The van der Waals surface area contributed by atoms with Crippen molar-refractivity contribution in [2.24, 2.45) is 0 Å². The molecule has 0 aromatic carbocycles. The first-order valence-electron chi connectivity index (χ1n) is 7.61. The van der Waals surface area contributed by atoms with E-state index in [0.717, 1.165) is 24.2 Å². The zero-order chi connectivity index (χ0) is 15.1. The first-order chi connectivity index (χ1) is 9.87. The van der Waals surface area contributed by atoms with Crippen molar-refractivity contribution in [3.8, 4) is 0 Å². The molecule has 2 saturated heterocycles. The van der Waals surface area contributed by atoms with Crippen LogP contribution < -0.4 is 5.32 Å². The van der Waals surface area contributed by atoms with Gasteiger partial charge in [-0.15, -0.1) is 0 Å². The molecule has 2 aliphatic rings. The van der Waals surface area contributed by atoms with E-state index in [1.165, 1.54) is 0 Å². The Labute approximate surface area is 127 Å². The lowest BCUT2D eigenvalue weighted by atomic mass is 9.89. The van der Waals surface area contributed by atoms with Gasteiger partial charge in [-0.3, -0.25) is 4.98 Å². The number of aromatic nitrogens is 1. The Morgan fingerprint density at radius 3 is 2.52 bits per heavy atom. The van der Waals surface area contributed by atoms with E-state index in [2.05, 4.69) is 44.1 Å². The van der Waals surface area contributed by atoms with Crippen LogP contribution >= 0.6 is 0 Å². The average molecular weight is 286 g/mol. The Balaban J connectivity index is 1.69. The molecule has 0 spiro atoms. The Bertz CT molecular complexity index is 537. The maximum Gasteiger partial charge on any atom is 0.487 e. The van der Waals surface area contributed by atoms with Crippen LogP contribution in [0.2, 0.25) is 0 Å². The van der Waals surface area contributed by atoms with Gasteiger partial charge in [-0.1, -0.05) is 12.1 Å². The Kier molecular flexibility index (Phi) is 3.68. The number of hydrogen-bond acceptors (Lipinski definition) is 4. The van der Waals surface area contributed by atoms with Crippen molar-refractivity contribution in [3.05, 3.63) is 35.6 Å². The number of pyridine rings is 1. The fourth-order valence-corrected chi connectivity index (χ4v) is 2.46. The van der Waals surface area contributed by atoms with Gasteiger partial charge >= 0.3 is 7.12 Å². The summed E-state index contributed by atoms with van der Waals surface area (Å²) in [7, 11) is -0.298. The molecule has 0 amide bonds. The third kappa shape index (κ3) is 2.91. The second kappa shape index (κ2) is 5.23. The third-order valence-corrected chi connectivity index (χ3v) is 4.70. The molecule has 0 saturated carbocycles. The highest BCUT2D eigenvalue weighted by Gasteiger charge is 2.49. The van der Waals surface area contributed by atoms with Crippen molar-refractivity contribution < 1.29 is 9.31 Å². The van der Waals surface area contributed by atoms with Gasteiger partial charge in [-0.25, -0.2) is 0 Å². The molecule has 5 heteroatoms. The molecule has 0 aliphatic carbocycles. The van der Waals surface area contributed by atoms with Crippen LogP contribution in [0.5, 0.6) is 0 Å². The fraction of sp³-hybridized carbons (Fsp3) is 0.562. The highest BCUT2D eigenvalue weighted by Crippen LogP contribution is 2.37. The van der Waals surface area contributed by atoms with Crippen LogP contribution in [0.1, 0.15) is 51.4 Å². The van der Waals surface area contributed by atoms with E-state index in [1.807, 2.05) is 24.3 Å². The molecular weight excluding hydrogens is 263 g/mol. The highest BCUT2D eigenvalue weighted by molar-refractivity contribution is 6.52. The monoisotopic (exact) mass is 286 g/mol. The lowest BCUT2D eigenvalue weighted by Gasteiger charge is -2.32. The maximum absolute atomic E-state index is 5.96. The SMILES string of the molecule is CC1(C)OB(/C=C/c2ccnc(C3CCN3)c2)OC1(C)C. The molecule has 1 N–H and O–H groups in total. The van der Waals surface area contributed by atoms with E-state index in [9.17, 15) is 0 Å². The van der Waals surface area contributed by atoms with Crippen molar-refractivity contribution >= 4 is 13.2 Å². The van der Waals surface area contributed by atoms with E-state index in [0.29, 0.717) is 6.04 Å². The van der Waals surface area contributed by atoms with Crippen molar-refractivity contribution in [1.82, 2.24) is 10.3 Å². The lowest BCUT2D eigenvalue weighted by molar-refractivity contribution is 0.00578. The maximum atomic E-state index is 5.96. The second-order valence-electron chi connectivity index (χ2n) is 6.79. The van der Waals surface area contributed by atoms with Gasteiger partial charge in [0.05, 0.1) is 22.9 Å². The molecule has 0 bridgehead atoms. The number of nitrogens with one attached hydrogen (secondary N) is 1. The third-order valence-electron chi connectivity index (χ3n) is 4.70. The molecule has 1 unspecified atom stereocenters. The molecular formula is C16H23BN2O2. The molecule has 4 nitrogen and oxygen atoms in total. The van der Waals surface area contributed by atoms with Gasteiger partial charge in [-0.05, 0) is 58.4 Å². The van der Waals surface area contributed by atoms with E-state index >= 15 is 0 Å². The Hall–Kier alpha value is -1.17. The van der Waals surface area contributed by atoms with Crippen LogP contribution in [-0.2, 0) is 9.31 Å². The van der Waals surface area contributed by atoms with Crippen molar-refractivity contribution in [1.29, 1.82) is 0 Å². The molecule has 2 aliphatic heterocycles. The zero-order valence-corrected chi connectivity index (χ0v) is 13.2. The van der Waals surface area contributed by atoms with E-state index in [4.69, 9.17) is 9.31 Å². The minimum absolute atomic E-state index is 0.290. The first kappa shape index (κ1) is 14.8. The topological polar surface area (TPSA) is 43.4 Å². The Morgan fingerprint density at radius 2 is 1.95 bits per heavy atom. The first-order valence-corrected chi connectivity index (χ1v) is 7.61. The Morgan fingerprint density at radius 1 is 1.29 bits per heavy atom. The molecule has 21 heavy (non-hydrogen) atoms. The van der Waals surface area contributed by atoms with Gasteiger partial charge in [-0.2, -0.15) is 0 Å². The van der Waals surface area contributed by atoms with E-state index in [-0.39, 0.29) is 18.3 Å². The van der Waals surface area contributed by atoms with E-state index in [1.54, 1.807) is 0 Å². The van der Waals surface area contributed by atoms with Gasteiger partial charge in [0, 0.05) is 6.20 Å². The largest absolute Gasteiger partial charge is 0.487 e. The molecule has 1 aromatic heterocycles. The van der Waals surface area contributed by atoms with Crippen LogP contribution in [0.3, 0.4) is 0 Å². The second-order valence-corrected chi connectivity index (χ2v) is 6.79. The van der Waals surface area contributed by atoms with Crippen LogP contribution in [0, 0.1) is 0 Å². The summed E-state index contributed by atoms with van der Waals surface area (Å²) in [4.78, 5) is 4.43. The quantitative estimate of drug-likeness (QED) is 0.868. The molecule has 112 valence electrons. The highest BCUT2D eigenvalue weighted by atomic mass is 16.7.